The minimum Gasteiger partial charge on any atom is -0.502 e. The minimum atomic E-state index is -4.28. The summed E-state index contributed by atoms with van der Waals surface area (Å²) in [6, 6.07) is 15.9. The molecule has 3 aromatic carbocycles. The fraction of sp³-hybridized carbons (Fsp3) is 0.0455. The van der Waals surface area contributed by atoms with E-state index in [2.05, 4.69) is 0 Å². The minimum absolute atomic E-state index is 0.104. The van der Waals surface area contributed by atoms with E-state index in [-0.39, 0.29) is 16.1 Å². The number of carbonyl (C=O) groups is 1. The summed E-state index contributed by atoms with van der Waals surface area (Å²) in [5.74, 6) is -2.97. The third-order valence-corrected chi connectivity index (χ3v) is 6.68. The molecule has 1 amide bonds. The highest BCUT2D eigenvalue weighted by molar-refractivity contribution is 7.95. The number of rotatable bonds is 4. The van der Waals surface area contributed by atoms with Crippen molar-refractivity contribution in [2.24, 2.45) is 0 Å². The number of aliphatic hydroxyl groups excluding tert-OH is 1. The van der Waals surface area contributed by atoms with Crippen LogP contribution in [-0.2, 0) is 14.6 Å². The maximum Gasteiger partial charge on any atom is 0.295 e. The molecule has 0 fully saturated rings. The summed E-state index contributed by atoms with van der Waals surface area (Å²) in [7, 11) is -4.28. The number of halogens is 2. The zero-order valence-corrected chi connectivity index (χ0v) is 16.2. The number of nitrogens with zero attached hydrogens (tertiary/aromatic N) is 1. The Bertz CT molecular complexity index is 1240. The van der Waals surface area contributed by atoms with Crippen molar-refractivity contribution in [3.8, 4) is 0 Å². The first-order valence-corrected chi connectivity index (χ1v) is 10.4. The molecule has 0 aliphatic carbocycles. The number of benzene rings is 3. The lowest BCUT2D eigenvalue weighted by atomic mass is 10.1. The van der Waals surface area contributed by atoms with Crippen LogP contribution in [0.1, 0.15) is 11.6 Å². The molecule has 0 saturated carbocycles. The smallest absolute Gasteiger partial charge is 0.295 e. The number of amides is 1. The van der Waals surface area contributed by atoms with Gasteiger partial charge >= 0.3 is 0 Å². The zero-order valence-electron chi connectivity index (χ0n) is 15.4. The van der Waals surface area contributed by atoms with E-state index in [4.69, 9.17) is 0 Å². The van der Waals surface area contributed by atoms with Crippen LogP contribution in [0, 0.1) is 11.6 Å². The van der Waals surface area contributed by atoms with Crippen molar-refractivity contribution in [3.05, 3.63) is 107 Å². The van der Waals surface area contributed by atoms with Crippen LogP contribution in [0.3, 0.4) is 0 Å². The average molecular weight is 427 g/mol. The Morgan fingerprint density at radius 1 is 0.800 bits per heavy atom. The number of sulfone groups is 1. The van der Waals surface area contributed by atoms with Crippen LogP contribution in [0.25, 0.3) is 0 Å². The van der Waals surface area contributed by atoms with Gasteiger partial charge in [-0.2, -0.15) is 0 Å². The standard InChI is InChI=1S/C22H15F2NO4S/c23-15-8-6-14(7-9-15)19-21(30(28,29)18-4-2-1-3-5-18)20(26)22(27)25(19)17-12-10-16(24)11-13-17/h1-13,19,26H. The molecule has 8 heteroatoms. The van der Waals surface area contributed by atoms with E-state index in [1.807, 2.05) is 0 Å². The fourth-order valence-electron chi connectivity index (χ4n) is 3.40. The second kappa shape index (κ2) is 7.38. The third kappa shape index (κ3) is 3.25. The van der Waals surface area contributed by atoms with Crippen molar-refractivity contribution >= 4 is 21.4 Å². The predicted octanol–water partition coefficient (Wildman–Crippen LogP) is 4.30. The lowest BCUT2D eigenvalue weighted by molar-refractivity contribution is -0.117. The molecule has 0 radical (unpaired) electrons. The average Bonchev–Trinajstić information content (AvgIpc) is 3.01. The van der Waals surface area contributed by atoms with Gasteiger partial charge in [-0.15, -0.1) is 0 Å². The Morgan fingerprint density at radius 2 is 1.33 bits per heavy atom. The van der Waals surface area contributed by atoms with Crippen molar-refractivity contribution in [1.29, 1.82) is 0 Å². The van der Waals surface area contributed by atoms with E-state index in [0.717, 1.165) is 29.2 Å². The molecule has 1 atom stereocenters. The Hall–Kier alpha value is -3.52. The molecule has 0 aromatic heterocycles. The molecule has 1 aliphatic heterocycles. The molecule has 0 spiro atoms. The highest BCUT2D eigenvalue weighted by Crippen LogP contribution is 2.44. The van der Waals surface area contributed by atoms with Crippen molar-refractivity contribution in [1.82, 2.24) is 0 Å². The Balaban J connectivity index is 1.94. The molecule has 1 unspecified atom stereocenters. The zero-order chi connectivity index (χ0) is 21.5. The van der Waals surface area contributed by atoms with E-state index in [9.17, 15) is 27.1 Å². The van der Waals surface area contributed by atoms with Gasteiger partial charge in [0.05, 0.1) is 4.90 Å². The van der Waals surface area contributed by atoms with Crippen molar-refractivity contribution in [3.63, 3.8) is 0 Å². The van der Waals surface area contributed by atoms with Crippen LogP contribution < -0.4 is 4.90 Å². The summed E-state index contributed by atoms with van der Waals surface area (Å²) in [5.41, 5.74) is 0.452. The monoisotopic (exact) mass is 427 g/mol. The molecule has 1 heterocycles. The molecule has 3 aromatic rings. The summed E-state index contributed by atoms with van der Waals surface area (Å²) in [6.07, 6.45) is 0. The second-order valence-corrected chi connectivity index (χ2v) is 8.55. The summed E-state index contributed by atoms with van der Waals surface area (Å²) in [4.78, 5) is 13.3. The molecule has 0 saturated heterocycles. The largest absolute Gasteiger partial charge is 0.502 e. The van der Waals surface area contributed by atoms with Crippen LogP contribution in [0.15, 0.2) is 94.4 Å². The van der Waals surface area contributed by atoms with Gasteiger partial charge in [-0.1, -0.05) is 30.3 Å². The molecule has 1 N–H and O–H groups in total. The van der Waals surface area contributed by atoms with E-state index >= 15 is 0 Å². The van der Waals surface area contributed by atoms with Gasteiger partial charge < -0.3 is 5.11 Å². The van der Waals surface area contributed by atoms with Gasteiger partial charge in [0.1, 0.15) is 22.6 Å². The summed E-state index contributed by atoms with van der Waals surface area (Å²) < 4.78 is 53.6. The van der Waals surface area contributed by atoms with Crippen LogP contribution >= 0.6 is 0 Å². The topological polar surface area (TPSA) is 74.7 Å². The molecular formula is C22H15F2NO4S. The van der Waals surface area contributed by atoms with E-state index in [1.54, 1.807) is 6.07 Å². The first-order valence-electron chi connectivity index (χ1n) is 8.88. The van der Waals surface area contributed by atoms with Crippen molar-refractivity contribution in [2.45, 2.75) is 10.9 Å². The molecule has 4 rings (SSSR count). The first kappa shape index (κ1) is 19.8. The lowest BCUT2D eigenvalue weighted by Crippen LogP contribution is -2.31. The third-order valence-electron chi connectivity index (χ3n) is 4.79. The second-order valence-electron chi connectivity index (χ2n) is 6.64. The van der Waals surface area contributed by atoms with Gasteiger partial charge in [0.25, 0.3) is 5.91 Å². The molecule has 5 nitrogen and oxygen atoms in total. The highest BCUT2D eigenvalue weighted by atomic mass is 32.2. The normalized spacial score (nSPS) is 16.9. The summed E-state index contributed by atoms with van der Waals surface area (Å²) in [6.45, 7) is 0. The van der Waals surface area contributed by atoms with Gasteiger partial charge in [0.15, 0.2) is 5.76 Å². The van der Waals surface area contributed by atoms with Crippen LogP contribution in [0.4, 0.5) is 14.5 Å². The van der Waals surface area contributed by atoms with Gasteiger partial charge in [-0.05, 0) is 54.1 Å². The van der Waals surface area contributed by atoms with Crippen LogP contribution in [0.5, 0.6) is 0 Å². The van der Waals surface area contributed by atoms with E-state index in [1.165, 1.54) is 48.5 Å². The maximum absolute atomic E-state index is 13.5. The molecule has 1 aliphatic rings. The molecule has 0 bridgehead atoms. The van der Waals surface area contributed by atoms with Gasteiger partial charge in [-0.3, -0.25) is 9.69 Å². The van der Waals surface area contributed by atoms with Crippen LogP contribution in [0.2, 0.25) is 0 Å². The molecular weight excluding hydrogens is 412 g/mol. The SMILES string of the molecule is O=C1C(O)=C(S(=O)(=O)c2ccccc2)C(c2ccc(F)cc2)N1c1ccc(F)cc1. The number of anilines is 1. The Morgan fingerprint density at radius 3 is 1.90 bits per heavy atom. The van der Waals surface area contributed by atoms with Crippen molar-refractivity contribution < 1.29 is 27.1 Å². The van der Waals surface area contributed by atoms with Gasteiger partial charge in [0, 0.05) is 5.69 Å². The molecule has 152 valence electrons. The number of hydrogen-bond donors (Lipinski definition) is 1. The fourth-order valence-corrected chi connectivity index (χ4v) is 5.04. The number of aliphatic hydroxyl groups is 1. The number of hydrogen-bond acceptors (Lipinski definition) is 4. The van der Waals surface area contributed by atoms with E-state index in [0.29, 0.717) is 0 Å². The maximum atomic E-state index is 13.5. The number of carbonyl (C=O) groups excluding carboxylic acids is 1. The first-order chi connectivity index (χ1) is 14.3. The van der Waals surface area contributed by atoms with E-state index < -0.39 is 44.1 Å². The van der Waals surface area contributed by atoms with Gasteiger partial charge in [-0.25, -0.2) is 17.2 Å². The lowest BCUT2D eigenvalue weighted by Gasteiger charge is -2.27. The molecule has 30 heavy (non-hydrogen) atoms. The summed E-state index contributed by atoms with van der Waals surface area (Å²) >= 11 is 0. The highest BCUT2D eigenvalue weighted by Gasteiger charge is 2.47. The predicted molar refractivity (Wildman–Crippen MR) is 106 cm³/mol. The summed E-state index contributed by atoms with van der Waals surface area (Å²) in [5, 5.41) is 10.6. The quantitative estimate of drug-likeness (QED) is 0.674. The Labute approximate surface area is 171 Å². The van der Waals surface area contributed by atoms with Gasteiger partial charge in [0.2, 0.25) is 9.84 Å². The van der Waals surface area contributed by atoms with Crippen LogP contribution in [-0.4, -0.2) is 19.4 Å². The van der Waals surface area contributed by atoms with Crippen molar-refractivity contribution in [2.75, 3.05) is 4.90 Å². The Kier molecular flexibility index (Phi) is 4.87.